The van der Waals surface area contributed by atoms with Crippen LogP contribution in [0.4, 0.5) is 16.2 Å². The van der Waals surface area contributed by atoms with Gasteiger partial charge in [-0.05, 0) is 63.9 Å². The minimum Gasteiger partial charge on any atom is -0.444 e. The molecule has 13 heteroatoms. The van der Waals surface area contributed by atoms with Gasteiger partial charge in [-0.1, -0.05) is 0 Å². The Morgan fingerprint density at radius 1 is 1.24 bits per heavy atom. The molecular weight excluding hydrogens is 498 g/mol. The van der Waals surface area contributed by atoms with Crippen molar-refractivity contribution in [2.24, 2.45) is 5.14 Å². The SMILES string of the molecule is CC(C)(C)OC(=O)N1CCC(CC#N)(Nc2cc[nH]c(=O)c2C(=N)Nc2ccc(S(N)(=O)=O)cc2)CC1. The number of sulfonamides is 1. The van der Waals surface area contributed by atoms with E-state index in [-0.39, 0.29) is 22.7 Å². The molecule has 0 saturated carbocycles. The fourth-order valence-corrected chi connectivity index (χ4v) is 4.51. The number of aromatic nitrogens is 1. The number of hydrogen-bond acceptors (Lipinski definition) is 8. The smallest absolute Gasteiger partial charge is 0.410 e. The third kappa shape index (κ3) is 7.08. The Labute approximate surface area is 215 Å². The maximum absolute atomic E-state index is 12.7. The van der Waals surface area contributed by atoms with Gasteiger partial charge >= 0.3 is 6.09 Å². The Morgan fingerprint density at radius 2 is 1.86 bits per heavy atom. The molecule has 198 valence electrons. The third-order valence-electron chi connectivity index (χ3n) is 5.85. The molecule has 12 nitrogen and oxygen atoms in total. The number of nitriles is 1. The highest BCUT2D eigenvalue weighted by Gasteiger charge is 2.38. The molecule has 0 spiro atoms. The number of piperidine rings is 1. The number of carbonyl (C=O) groups is 1. The molecule has 1 aliphatic rings. The summed E-state index contributed by atoms with van der Waals surface area (Å²) in [6.07, 6.45) is 2.01. The fraction of sp³-hybridized carbons (Fsp3) is 0.417. The van der Waals surface area contributed by atoms with Crippen molar-refractivity contribution in [1.29, 1.82) is 10.7 Å². The Balaban J connectivity index is 1.81. The van der Waals surface area contributed by atoms with Crippen molar-refractivity contribution in [2.45, 2.75) is 56.1 Å². The lowest BCUT2D eigenvalue weighted by Crippen LogP contribution is -2.51. The van der Waals surface area contributed by atoms with Crippen LogP contribution in [-0.2, 0) is 14.8 Å². The van der Waals surface area contributed by atoms with Crippen LogP contribution in [0.2, 0.25) is 0 Å². The van der Waals surface area contributed by atoms with Gasteiger partial charge in [-0.2, -0.15) is 5.26 Å². The molecule has 1 amide bonds. The van der Waals surface area contributed by atoms with Gasteiger partial charge in [0.1, 0.15) is 17.0 Å². The van der Waals surface area contributed by atoms with Crippen LogP contribution in [0.1, 0.15) is 45.6 Å². The number of amides is 1. The molecule has 1 saturated heterocycles. The van der Waals surface area contributed by atoms with E-state index in [1.54, 1.807) is 31.7 Å². The fourth-order valence-electron chi connectivity index (χ4n) is 3.99. The van der Waals surface area contributed by atoms with E-state index in [1.807, 2.05) is 0 Å². The third-order valence-corrected chi connectivity index (χ3v) is 6.78. The van der Waals surface area contributed by atoms with Gasteiger partial charge in [-0.3, -0.25) is 10.2 Å². The zero-order valence-corrected chi connectivity index (χ0v) is 21.7. The van der Waals surface area contributed by atoms with Crippen molar-refractivity contribution < 1.29 is 17.9 Å². The molecule has 3 rings (SSSR count). The summed E-state index contributed by atoms with van der Waals surface area (Å²) in [6.45, 7) is 6.09. The van der Waals surface area contributed by atoms with Crippen molar-refractivity contribution in [3.63, 3.8) is 0 Å². The molecular formula is C24H31N7O5S. The molecule has 1 aromatic heterocycles. The number of H-pyrrole nitrogens is 1. The predicted octanol–water partition coefficient (Wildman–Crippen LogP) is 2.56. The summed E-state index contributed by atoms with van der Waals surface area (Å²) < 4.78 is 28.4. The van der Waals surface area contributed by atoms with E-state index in [2.05, 4.69) is 21.7 Å². The monoisotopic (exact) mass is 529 g/mol. The number of carbonyl (C=O) groups excluding carboxylic acids is 1. The quantitative estimate of drug-likeness (QED) is 0.278. The number of rotatable bonds is 6. The van der Waals surface area contributed by atoms with Gasteiger partial charge in [0.05, 0.1) is 28.6 Å². The zero-order valence-electron chi connectivity index (χ0n) is 20.9. The first-order valence-electron chi connectivity index (χ1n) is 11.6. The molecule has 2 aromatic rings. The topological polar surface area (TPSA) is 194 Å². The van der Waals surface area contributed by atoms with E-state index in [0.29, 0.717) is 37.3 Å². The van der Waals surface area contributed by atoms with Crippen LogP contribution in [0.25, 0.3) is 0 Å². The average Bonchev–Trinajstić information content (AvgIpc) is 2.78. The highest BCUT2D eigenvalue weighted by molar-refractivity contribution is 7.89. The van der Waals surface area contributed by atoms with Crippen molar-refractivity contribution in [3.05, 3.63) is 52.4 Å². The number of likely N-dealkylation sites (tertiary alicyclic amines) is 1. The summed E-state index contributed by atoms with van der Waals surface area (Å²) in [6, 6.07) is 9.25. The van der Waals surface area contributed by atoms with E-state index in [1.165, 1.54) is 30.5 Å². The first-order valence-corrected chi connectivity index (χ1v) is 13.1. The summed E-state index contributed by atoms with van der Waals surface area (Å²) in [5, 5.41) is 29.3. The number of nitrogens with zero attached hydrogens (tertiary/aromatic N) is 2. The zero-order chi connectivity index (χ0) is 27.4. The Bertz CT molecular complexity index is 1360. The van der Waals surface area contributed by atoms with E-state index in [9.17, 15) is 23.3 Å². The molecule has 6 N–H and O–H groups in total. The summed E-state index contributed by atoms with van der Waals surface area (Å²) >= 11 is 0. The number of aromatic amines is 1. The maximum Gasteiger partial charge on any atom is 0.410 e. The minimum absolute atomic E-state index is 0.0184. The second kappa shape index (κ2) is 10.6. The second-order valence-electron chi connectivity index (χ2n) is 9.87. The Kier molecular flexibility index (Phi) is 7.94. The number of primary sulfonamides is 1. The van der Waals surface area contributed by atoms with Gasteiger partial charge < -0.3 is 25.3 Å². The summed E-state index contributed by atoms with van der Waals surface area (Å²) in [4.78, 5) is 29.3. The van der Waals surface area contributed by atoms with Crippen LogP contribution in [0.5, 0.6) is 0 Å². The lowest BCUT2D eigenvalue weighted by Gasteiger charge is -2.42. The summed E-state index contributed by atoms with van der Waals surface area (Å²) in [5.74, 6) is -0.231. The van der Waals surface area contributed by atoms with Crippen molar-refractivity contribution in [2.75, 3.05) is 23.7 Å². The van der Waals surface area contributed by atoms with Crippen molar-refractivity contribution in [1.82, 2.24) is 9.88 Å². The predicted molar refractivity (Wildman–Crippen MR) is 139 cm³/mol. The van der Waals surface area contributed by atoms with Gasteiger partial charge in [0, 0.05) is 25.0 Å². The number of amidine groups is 1. The van der Waals surface area contributed by atoms with E-state index < -0.39 is 32.8 Å². The minimum atomic E-state index is -3.87. The molecule has 1 fully saturated rings. The number of pyridine rings is 1. The molecule has 1 aliphatic heterocycles. The molecule has 0 atom stereocenters. The molecule has 0 radical (unpaired) electrons. The van der Waals surface area contributed by atoms with Gasteiger partial charge in [0.15, 0.2) is 0 Å². The second-order valence-corrected chi connectivity index (χ2v) is 11.4. The van der Waals surface area contributed by atoms with Crippen LogP contribution >= 0.6 is 0 Å². The number of anilines is 2. The van der Waals surface area contributed by atoms with Crippen LogP contribution < -0.4 is 21.3 Å². The van der Waals surface area contributed by atoms with Crippen molar-refractivity contribution in [3.8, 4) is 6.07 Å². The Morgan fingerprint density at radius 3 is 2.41 bits per heavy atom. The standard InChI is InChI=1S/C24H31N7O5S/c1-23(2,3)36-22(33)31-14-10-24(9-12-25,11-15-31)30-18-8-13-28-21(32)19(18)20(26)29-16-4-6-17(7-5-16)37(27,34)35/h4-8,13H,9-11,14-15H2,1-3H3,(H2,26,29)(H2,27,34,35)(H2,28,30,32). The molecule has 2 heterocycles. The lowest BCUT2D eigenvalue weighted by atomic mass is 9.84. The molecule has 37 heavy (non-hydrogen) atoms. The van der Waals surface area contributed by atoms with Gasteiger partial charge in [0.2, 0.25) is 10.0 Å². The Hall–Kier alpha value is -3.89. The molecule has 1 aromatic carbocycles. The van der Waals surface area contributed by atoms with Crippen molar-refractivity contribution >= 4 is 33.3 Å². The van der Waals surface area contributed by atoms with E-state index in [4.69, 9.17) is 15.3 Å². The molecule has 0 bridgehead atoms. The summed E-state index contributed by atoms with van der Waals surface area (Å²) in [5.41, 5.74) is -1.13. The molecule has 0 aliphatic carbocycles. The van der Waals surface area contributed by atoms with Gasteiger partial charge in [0.25, 0.3) is 5.56 Å². The number of nitrogens with two attached hydrogens (primary N) is 1. The average molecular weight is 530 g/mol. The highest BCUT2D eigenvalue weighted by Crippen LogP contribution is 2.31. The number of nitrogens with one attached hydrogen (secondary N) is 4. The normalized spacial score (nSPS) is 15.4. The first kappa shape index (κ1) is 27.7. The van der Waals surface area contributed by atoms with Crippen LogP contribution in [0.15, 0.2) is 46.2 Å². The van der Waals surface area contributed by atoms with Gasteiger partial charge in [-0.15, -0.1) is 0 Å². The summed E-state index contributed by atoms with van der Waals surface area (Å²) in [7, 11) is -3.87. The van der Waals surface area contributed by atoms with E-state index >= 15 is 0 Å². The molecule has 0 unspecified atom stereocenters. The number of hydrogen-bond donors (Lipinski definition) is 5. The highest BCUT2D eigenvalue weighted by atomic mass is 32.2. The number of ether oxygens (including phenoxy) is 1. The lowest BCUT2D eigenvalue weighted by molar-refractivity contribution is 0.0179. The van der Waals surface area contributed by atoms with E-state index in [0.717, 1.165) is 0 Å². The van der Waals surface area contributed by atoms with Gasteiger partial charge in [-0.25, -0.2) is 18.4 Å². The van der Waals surface area contributed by atoms with Crippen LogP contribution in [0, 0.1) is 16.7 Å². The maximum atomic E-state index is 12.7. The largest absolute Gasteiger partial charge is 0.444 e. The first-order chi connectivity index (χ1) is 17.2. The van der Waals surface area contributed by atoms with Crippen LogP contribution in [0.3, 0.4) is 0 Å². The van der Waals surface area contributed by atoms with Crippen LogP contribution in [-0.4, -0.2) is 54.5 Å². The number of benzene rings is 1.